The minimum Gasteiger partial charge on any atom is -0.503 e. The van der Waals surface area contributed by atoms with Gasteiger partial charge in [-0.2, -0.15) is 0 Å². The first-order chi connectivity index (χ1) is 6.61. The van der Waals surface area contributed by atoms with E-state index in [1.807, 2.05) is 0 Å². The van der Waals surface area contributed by atoms with Crippen LogP contribution in [-0.2, 0) is 0 Å². The molecule has 0 aliphatic rings. The molecular formula is C9H11BrFNO2. The topological polar surface area (TPSA) is 55.5 Å². The lowest BCUT2D eigenvalue weighted by molar-refractivity contribution is 0.343. The molecule has 0 spiro atoms. The van der Waals surface area contributed by atoms with E-state index in [0.29, 0.717) is 11.3 Å². The Balaban J connectivity index is 3.17. The summed E-state index contributed by atoms with van der Waals surface area (Å²) in [6.07, 6.45) is -1.29. The molecule has 1 aromatic carbocycles. The molecule has 0 aromatic heterocycles. The first-order valence-electron chi connectivity index (χ1n) is 4.01. The van der Waals surface area contributed by atoms with Gasteiger partial charge in [0.1, 0.15) is 6.17 Å². The average Bonchev–Trinajstić information content (AvgIpc) is 2.21. The van der Waals surface area contributed by atoms with Crippen molar-refractivity contribution in [2.24, 2.45) is 5.73 Å². The lowest BCUT2D eigenvalue weighted by Crippen LogP contribution is -2.08. The quantitative estimate of drug-likeness (QED) is 0.879. The molecule has 0 radical (unpaired) electrons. The van der Waals surface area contributed by atoms with E-state index in [1.165, 1.54) is 19.2 Å². The van der Waals surface area contributed by atoms with E-state index in [4.69, 9.17) is 10.5 Å². The lowest BCUT2D eigenvalue weighted by Gasteiger charge is -2.11. The summed E-state index contributed by atoms with van der Waals surface area (Å²) >= 11 is 3.09. The Kier molecular flexibility index (Phi) is 3.71. The summed E-state index contributed by atoms with van der Waals surface area (Å²) in [5, 5.41) is 9.54. The van der Waals surface area contributed by atoms with Gasteiger partial charge in [-0.1, -0.05) is 6.07 Å². The minimum atomic E-state index is -1.29. The second-order valence-corrected chi connectivity index (χ2v) is 3.52. The molecule has 1 atom stereocenters. The van der Waals surface area contributed by atoms with Gasteiger partial charge in [-0.25, -0.2) is 4.39 Å². The third-order valence-electron chi connectivity index (χ3n) is 1.87. The lowest BCUT2D eigenvalue weighted by atomic mass is 10.1. The molecule has 1 aromatic rings. The number of phenols is 1. The first kappa shape index (κ1) is 11.3. The molecule has 0 amide bonds. The number of methoxy groups -OCH3 is 1. The predicted molar refractivity (Wildman–Crippen MR) is 55.3 cm³/mol. The van der Waals surface area contributed by atoms with Crippen LogP contribution in [0.3, 0.4) is 0 Å². The fraction of sp³-hybridized carbons (Fsp3) is 0.333. The van der Waals surface area contributed by atoms with Crippen LogP contribution < -0.4 is 10.5 Å². The van der Waals surface area contributed by atoms with E-state index in [2.05, 4.69) is 15.9 Å². The van der Waals surface area contributed by atoms with Gasteiger partial charge in [-0.3, -0.25) is 0 Å². The van der Waals surface area contributed by atoms with Crippen LogP contribution >= 0.6 is 15.9 Å². The maximum Gasteiger partial charge on any atom is 0.172 e. The van der Waals surface area contributed by atoms with Gasteiger partial charge in [0.2, 0.25) is 0 Å². The van der Waals surface area contributed by atoms with Gasteiger partial charge in [0.05, 0.1) is 11.6 Å². The van der Waals surface area contributed by atoms with Crippen molar-refractivity contribution in [1.82, 2.24) is 0 Å². The Hall–Kier alpha value is -0.810. The highest BCUT2D eigenvalue weighted by Crippen LogP contribution is 2.39. The van der Waals surface area contributed by atoms with E-state index in [1.54, 1.807) is 0 Å². The Labute approximate surface area is 89.8 Å². The Morgan fingerprint density at radius 3 is 2.79 bits per heavy atom. The van der Waals surface area contributed by atoms with Crippen molar-refractivity contribution in [2.75, 3.05) is 13.7 Å². The van der Waals surface area contributed by atoms with E-state index in [-0.39, 0.29) is 16.8 Å². The van der Waals surface area contributed by atoms with Crippen molar-refractivity contribution in [3.05, 3.63) is 22.2 Å². The smallest absolute Gasteiger partial charge is 0.172 e. The highest BCUT2D eigenvalue weighted by atomic mass is 79.9. The molecule has 3 nitrogen and oxygen atoms in total. The Bertz CT molecular complexity index is 333. The van der Waals surface area contributed by atoms with Crippen molar-refractivity contribution < 1.29 is 14.2 Å². The molecule has 78 valence electrons. The number of halogens is 2. The zero-order valence-electron chi connectivity index (χ0n) is 7.63. The molecule has 0 bridgehead atoms. The van der Waals surface area contributed by atoms with Crippen molar-refractivity contribution >= 4 is 15.9 Å². The zero-order chi connectivity index (χ0) is 10.7. The first-order valence-corrected chi connectivity index (χ1v) is 4.80. The summed E-state index contributed by atoms with van der Waals surface area (Å²) in [6.45, 7) is -0.121. The molecular weight excluding hydrogens is 253 g/mol. The normalized spacial score (nSPS) is 12.6. The van der Waals surface area contributed by atoms with Gasteiger partial charge in [0, 0.05) is 12.1 Å². The van der Waals surface area contributed by atoms with Gasteiger partial charge < -0.3 is 15.6 Å². The van der Waals surface area contributed by atoms with Gasteiger partial charge >= 0.3 is 0 Å². The molecule has 1 rings (SSSR count). The number of phenolic OH excluding ortho intramolecular Hbond substituents is 1. The van der Waals surface area contributed by atoms with Crippen LogP contribution in [0.4, 0.5) is 4.39 Å². The summed E-state index contributed by atoms with van der Waals surface area (Å²) in [4.78, 5) is 0. The monoisotopic (exact) mass is 263 g/mol. The molecule has 14 heavy (non-hydrogen) atoms. The van der Waals surface area contributed by atoms with Gasteiger partial charge in [-0.15, -0.1) is 0 Å². The van der Waals surface area contributed by atoms with Crippen LogP contribution in [0.1, 0.15) is 11.7 Å². The van der Waals surface area contributed by atoms with Crippen LogP contribution in [-0.4, -0.2) is 18.8 Å². The highest BCUT2D eigenvalue weighted by molar-refractivity contribution is 9.10. The van der Waals surface area contributed by atoms with Crippen LogP contribution in [0.15, 0.2) is 16.6 Å². The molecule has 0 aliphatic carbocycles. The number of ether oxygens (including phenoxy) is 1. The van der Waals surface area contributed by atoms with Crippen molar-refractivity contribution in [3.8, 4) is 11.5 Å². The molecule has 5 heteroatoms. The van der Waals surface area contributed by atoms with E-state index in [9.17, 15) is 9.50 Å². The van der Waals surface area contributed by atoms with Gasteiger partial charge in [-0.05, 0) is 22.0 Å². The molecule has 1 unspecified atom stereocenters. The SMILES string of the molecule is COc1ccc(C(F)CN)c(Br)c1O. The van der Waals surface area contributed by atoms with Crippen molar-refractivity contribution in [2.45, 2.75) is 6.17 Å². The number of benzene rings is 1. The maximum absolute atomic E-state index is 13.2. The third kappa shape index (κ3) is 1.99. The second-order valence-electron chi connectivity index (χ2n) is 2.72. The van der Waals surface area contributed by atoms with Gasteiger partial charge in [0.15, 0.2) is 11.5 Å². The molecule has 0 saturated carbocycles. The fourth-order valence-corrected chi connectivity index (χ4v) is 1.67. The number of rotatable bonds is 3. The summed E-state index contributed by atoms with van der Waals surface area (Å²) in [5.41, 5.74) is 5.51. The largest absolute Gasteiger partial charge is 0.503 e. The maximum atomic E-state index is 13.2. The van der Waals surface area contributed by atoms with Crippen molar-refractivity contribution in [3.63, 3.8) is 0 Å². The van der Waals surface area contributed by atoms with E-state index >= 15 is 0 Å². The minimum absolute atomic E-state index is 0.110. The van der Waals surface area contributed by atoms with E-state index < -0.39 is 6.17 Å². The molecule has 0 saturated heterocycles. The number of hydrogen-bond acceptors (Lipinski definition) is 3. The van der Waals surface area contributed by atoms with E-state index in [0.717, 1.165) is 0 Å². The summed E-state index contributed by atoms with van der Waals surface area (Å²) in [7, 11) is 1.43. The van der Waals surface area contributed by atoms with Crippen LogP contribution in [0.25, 0.3) is 0 Å². The standard InChI is InChI=1S/C9H11BrFNO2/c1-14-7-3-2-5(6(11)4-12)8(10)9(7)13/h2-3,6,13H,4,12H2,1H3. The second kappa shape index (κ2) is 4.61. The number of aromatic hydroxyl groups is 1. The predicted octanol–water partition coefficient (Wildman–Crippen LogP) is 2.13. The van der Waals surface area contributed by atoms with Crippen LogP contribution in [0, 0.1) is 0 Å². The van der Waals surface area contributed by atoms with Gasteiger partial charge in [0.25, 0.3) is 0 Å². The fourth-order valence-electron chi connectivity index (χ4n) is 1.10. The third-order valence-corrected chi connectivity index (χ3v) is 2.71. The Morgan fingerprint density at radius 1 is 1.64 bits per heavy atom. The molecule has 0 heterocycles. The van der Waals surface area contributed by atoms with Crippen molar-refractivity contribution in [1.29, 1.82) is 0 Å². The molecule has 3 N–H and O–H groups in total. The van der Waals surface area contributed by atoms with Crippen LogP contribution in [0.2, 0.25) is 0 Å². The average molecular weight is 264 g/mol. The summed E-state index contributed by atoms with van der Waals surface area (Å²) < 4.78 is 18.4. The summed E-state index contributed by atoms with van der Waals surface area (Å²) in [6, 6.07) is 3.03. The molecule has 0 aliphatic heterocycles. The number of alkyl halides is 1. The molecule has 0 fully saturated rings. The zero-order valence-corrected chi connectivity index (χ0v) is 9.21. The highest BCUT2D eigenvalue weighted by Gasteiger charge is 2.16. The summed E-state index contributed by atoms with van der Waals surface area (Å²) in [5.74, 6) is 0.186. The van der Waals surface area contributed by atoms with Crippen LogP contribution in [0.5, 0.6) is 11.5 Å². The number of nitrogens with two attached hydrogens (primary N) is 1. The Morgan fingerprint density at radius 2 is 2.29 bits per heavy atom. The number of hydrogen-bond donors (Lipinski definition) is 2.